The topological polar surface area (TPSA) is 17.0 Å². The van der Waals surface area contributed by atoms with Gasteiger partial charge in [-0.3, -0.25) is 0 Å². The van der Waals surface area contributed by atoms with E-state index in [1.807, 2.05) is 0 Å². The second-order valence-electron chi connectivity index (χ2n) is 5.51. The first-order valence-corrected chi connectivity index (χ1v) is 7.12. The molecule has 1 N–H and O–H groups in total. The van der Waals surface area contributed by atoms with E-state index in [1.165, 1.54) is 48.7 Å². The number of rotatable bonds is 3. The van der Waals surface area contributed by atoms with Crippen LogP contribution in [0.4, 0.5) is 0 Å². The minimum atomic E-state index is 0.724. The predicted molar refractivity (Wildman–Crippen MR) is 76.9 cm³/mol. The molecule has 2 heteroatoms. The van der Waals surface area contributed by atoms with E-state index < -0.39 is 0 Å². The van der Waals surface area contributed by atoms with Crippen molar-refractivity contribution in [3.05, 3.63) is 36.0 Å². The lowest BCUT2D eigenvalue weighted by molar-refractivity contribution is 0.368. The van der Waals surface area contributed by atoms with Crippen LogP contribution >= 0.6 is 0 Å². The summed E-state index contributed by atoms with van der Waals surface area (Å²) in [4.78, 5) is 0. The molecule has 96 valence electrons. The Labute approximate surface area is 109 Å². The molecule has 0 saturated carbocycles. The van der Waals surface area contributed by atoms with Crippen molar-refractivity contribution >= 4 is 10.9 Å². The number of fused-ring (bicyclic) bond motifs is 1. The Bertz CT molecular complexity index is 521. The number of benzene rings is 1. The van der Waals surface area contributed by atoms with Crippen LogP contribution < -0.4 is 5.32 Å². The van der Waals surface area contributed by atoms with Gasteiger partial charge in [-0.2, -0.15) is 0 Å². The zero-order chi connectivity index (χ0) is 12.4. The first-order valence-electron chi connectivity index (χ1n) is 7.12. The van der Waals surface area contributed by atoms with Gasteiger partial charge < -0.3 is 9.88 Å². The van der Waals surface area contributed by atoms with Crippen molar-refractivity contribution in [1.29, 1.82) is 0 Å². The van der Waals surface area contributed by atoms with Crippen LogP contribution in [0.25, 0.3) is 10.9 Å². The highest BCUT2D eigenvalue weighted by atomic mass is 15.0. The van der Waals surface area contributed by atoms with Crippen molar-refractivity contribution in [3.8, 4) is 0 Å². The molecule has 2 heterocycles. The lowest BCUT2D eigenvalue weighted by Crippen LogP contribution is -2.34. The standard InChI is InChI=1S/C16H22N2/c1-13-5-6-16-14(12-13)7-10-18(16)11-8-15-4-2-3-9-17-15/h5-7,10,12,15,17H,2-4,8-9,11H2,1H3. The molecule has 18 heavy (non-hydrogen) atoms. The van der Waals surface area contributed by atoms with Crippen molar-refractivity contribution in [2.75, 3.05) is 6.54 Å². The minimum Gasteiger partial charge on any atom is -0.347 e. The van der Waals surface area contributed by atoms with Gasteiger partial charge in [0.15, 0.2) is 0 Å². The third-order valence-corrected chi connectivity index (χ3v) is 4.06. The fraction of sp³-hybridized carbons (Fsp3) is 0.500. The van der Waals surface area contributed by atoms with E-state index in [2.05, 4.69) is 47.3 Å². The second-order valence-corrected chi connectivity index (χ2v) is 5.51. The van der Waals surface area contributed by atoms with E-state index in [0.717, 1.165) is 12.6 Å². The molecule has 1 atom stereocenters. The Balaban J connectivity index is 1.70. The molecule has 1 fully saturated rings. The number of aromatic nitrogens is 1. The molecule has 1 unspecified atom stereocenters. The normalized spacial score (nSPS) is 20.4. The van der Waals surface area contributed by atoms with Gasteiger partial charge in [-0.25, -0.2) is 0 Å². The third-order valence-electron chi connectivity index (χ3n) is 4.06. The van der Waals surface area contributed by atoms with E-state index in [0.29, 0.717) is 0 Å². The zero-order valence-corrected chi connectivity index (χ0v) is 11.2. The molecule has 1 aliphatic rings. The monoisotopic (exact) mass is 242 g/mol. The highest BCUT2D eigenvalue weighted by molar-refractivity contribution is 5.80. The summed E-state index contributed by atoms with van der Waals surface area (Å²) in [6.07, 6.45) is 7.56. The maximum atomic E-state index is 3.63. The molecule has 1 aromatic heterocycles. The van der Waals surface area contributed by atoms with Crippen LogP contribution in [0.3, 0.4) is 0 Å². The molecule has 2 nitrogen and oxygen atoms in total. The van der Waals surface area contributed by atoms with Gasteiger partial charge in [0.1, 0.15) is 0 Å². The summed E-state index contributed by atoms with van der Waals surface area (Å²) in [6.45, 7) is 4.49. The van der Waals surface area contributed by atoms with E-state index in [4.69, 9.17) is 0 Å². The van der Waals surface area contributed by atoms with Crippen LogP contribution in [0.5, 0.6) is 0 Å². The summed E-state index contributed by atoms with van der Waals surface area (Å²) in [5.74, 6) is 0. The number of nitrogens with zero attached hydrogens (tertiary/aromatic N) is 1. The largest absolute Gasteiger partial charge is 0.347 e. The minimum absolute atomic E-state index is 0.724. The van der Waals surface area contributed by atoms with Crippen molar-refractivity contribution < 1.29 is 0 Å². The molecule has 1 saturated heterocycles. The highest BCUT2D eigenvalue weighted by Gasteiger charge is 2.12. The average Bonchev–Trinajstić information content (AvgIpc) is 2.80. The van der Waals surface area contributed by atoms with Crippen LogP contribution in [-0.4, -0.2) is 17.2 Å². The van der Waals surface area contributed by atoms with Crippen LogP contribution in [0.15, 0.2) is 30.5 Å². The van der Waals surface area contributed by atoms with Gasteiger partial charge in [-0.05, 0) is 56.3 Å². The molecule has 0 spiro atoms. The highest BCUT2D eigenvalue weighted by Crippen LogP contribution is 2.19. The van der Waals surface area contributed by atoms with E-state index in [-0.39, 0.29) is 0 Å². The first kappa shape index (κ1) is 11.8. The molecule has 0 amide bonds. The van der Waals surface area contributed by atoms with Crippen molar-refractivity contribution in [1.82, 2.24) is 9.88 Å². The molecule has 1 aliphatic heterocycles. The summed E-state index contributed by atoms with van der Waals surface area (Å²) < 4.78 is 2.39. The van der Waals surface area contributed by atoms with Gasteiger partial charge in [0.25, 0.3) is 0 Å². The van der Waals surface area contributed by atoms with E-state index in [9.17, 15) is 0 Å². The molecular formula is C16H22N2. The smallest absolute Gasteiger partial charge is 0.0480 e. The summed E-state index contributed by atoms with van der Waals surface area (Å²) in [6, 6.07) is 9.68. The number of aryl methyl sites for hydroxylation is 2. The Morgan fingerprint density at radius 1 is 1.28 bits per heavy atom. The Hall–Kier alpha value is -1.28. The summed E-state index contributed by atoms with van der Waals surface area (Å²) in [7, 11) is 0. The lowest BCUT2D eigenvalue weighted by atomic mass is 10.0. The van der Waals surface area contributed by atoms with Crippen LogP contribution in [0.1, 0.15) is 31.2 Å². The maximum absolute atomic E-state index is 3.63. The molecule has 2 aromatic rings. The Morgan fingerprint density at radius 2 is 2.22 bits per heavy atom. The predicted octanol–water partition coefficient (Wildman–Crippen LogP) is 3.48. The fourth-order valence-corrected chi connectivity index (χ4v) is 2.98. The number of piperidine rings is 1. The molecule has 3 rings (SSSR count). The van der Waals surface area contributed by atoms with Gasteiger partial charge in [-0.1, -0.05) is 18.1 Å². The quantitative estimate of drug-likeness (QED) is 0.872. The van der Waals surface area contributed by atoms with Crippen LogP contribution in [-0.2, 0) is 6.54 Å². The van der Waals surface area contributed by atoms with E-state index in [1.54, 1.807) is 0 Å². The van der Waals surface area contributed by atoms with Gasteiger partial charge in [0.05, 0.1) is 0 Å². The summed E-state index contributed by atoms with van der Waals surface area (Å²) >= 11 is 0. The van der Waals surface area contributed by atoms with Gasteiger partial charge >= 0.3 is 0 Å². The molecule has 0 radical (unpaired) electrons. The first-order chi connectivity index (χ1) is 8.83. The van der Waals surface area contributed by atoms with Gasteiger partial charge in [0, 0.05) is 24.3 Å². The average molecular weight is 242 g/mol. The SMILES string of the molecule is Cc1ccc2c(ccn2CCC2CCCCN2)c1. The van der Waals surface area contributed by atoms with Crippen LogP contribution in [0, 0.1) is 6.92 Å². The summed E-state index contributed by atoms with van der Waals surface area (Å²) in [5, 5.41) is 4.99. The molecule has 1 aromatic carbocycles. The molecular weight excluding hydrogens is 220 g/mol. The van der Waals surface area contributed by atoms with Crippen molar-refractivity contribution in [2.24, 2.45) is 0 Å². The van der Waals surface area contributed by atoms with Crippen molar-refractivity contribution in [2.45, 2.75) is 45.2 Å². The zero-order valence-electron chi connectivity index (χ0n) is 11.2. The van der Waals surface area contributed by atoms with Crippen LogP contribution in [0.2, 0.25) is 0 Å². The fourth-order valence-electron chi connectivity index (χ4n) is 2.98. The lowest BCUT2D eigenvalue weighted by Gasteiger charge is -2.23. The second kappa shape index (κ2) is 5.15. The third kappa shape index (κ3) is 2.44. The Morgan fingerprint density at radius 3 is 3.06 bits per heavy atom. The maximum Gasteiger partial charge on any atom is 0.0480 e. The van der Waals surface area contributed by atoms with Gasteiger partial charge in [-0.15, -0.1) is 0 Å². The number of hydrogen-bond donors (Lipinski definition) is 1. The van der Waals surface area contributed by atoms with Crippen molar-refractivity contribution in [3.63, 3.8) is 0 Å². The number of hydrogen-bond acceptors (Lipinski definition) is 1. The number of nitrogens with one attached hydrogen (secondary N) is 1. The Kier molecular flexibility index (Phi) is 3.37. The molecule has 0 aliphatic carbocycles. The summed E-state index contributed by atoms with van der Waals surface area (Å²) in [5.41, 5.74) is 2.71. The van der Waals surface area contributed by atoms with Gasteiger partial charge in [0.2, 0.25) is 0 Å². The molecule has 0 bridgehead atoms. The van der Waals surface area contributed by atoms with E-state index >= 15 is 0 Å².